The van der Waals surface area contributed by atoms with E-state index in [0.29, 0.717) is 6.42 Å². The molecule has 0 bridgehead atoms. The fraction of sp³-hybridized carbons (Fsp3) is 0.892. The standard InChI is InChI=1S/C37H68O10/c1-3-5-7-9-11-12-13-14-15-16-17-18-20-21-23-25-32(39)44-28-30(46-33(40)26-24-22-19-10-8-6-4-2)29-45-37-36(43)35(42)34(41)31(27-38)47-37/h9,11,30-31,34-38,41-43H,3-8,10,12-29H2,1-2H3/b11-9+/t30-,31-,34+,35?,36?,37-/m0/s1. The number of ether oxygens (including phenoxy) is 4. The Morgan fingerprint density at radius 1 is 0.638 bits per heavy atom. The number of aliphatic hydroxyl groups is 4. The summed E-state index contributed by atoms with van der Waals surface area (Å²) in [6.07, 6.45) is 19.6. The topological polar surface area (TPSA) is 152 Å². The van der Waals surface area contributed by atoms with E-state index in [-0.39, 0.29) is 32.0 Å². The van der Waals surface area contributed by atoms with Crippen LogP contribution in [-0.2, 0) is 28.5 Å². The van der Waals surface area contributed by atoms with Gasteiger partial charge in [-0.05, 0) is 32.1 Å². The third-order valence-corrected chi connectivity index (χ3v) is 8.65. The van der Waals surface area contributed by atoms with Crippen molar-refractivity contribution in [2.75, 3.05) is 19.8 Å². The Balaban J connectivity index is 2.35. The minimum atomic E-state index is -1.59. The van der Waals surface area contributed by atoms with Gasteiger partial charge < -0.3 is 39.4 Å². The predicted molar refractivity (Wildman–Crippen MR) is 183 cm³/mol. The molecule has 2 unspecified atom stereocenters. The Morgan fingerprint density at radius 3 is 1.72 bits per heavy atom. The van der Waals surface area contributed by atoms with Crippen molar-refractivity contribution < 1.29 is 49.0 Å². The van der Waals surface area contributed by atoms with Gasteiger partial charge >= 0.3 is 11.9 Å². The van der Waals surface area contributed by atoms with Gasteiger partial charge in [0.25, 0.3) is 0 Å². The van der Waals surface area contributed by atoms with E-state index < -0.39 is 49.4 Å². The van der Waals surface area contributed by atoms with Crippen LogP contribution in [0.15, 0.2) is 12.2 Å². The van der Waals surface area contributed by atoms with E-state index >= 15 is 0 Å². The van der Waals surface area contributed by atoms with Crippen LogP contribution < -0.4 is 0 Å². The largest absolute Gasteiger partial charge is 0.462 e. The number of hydrogen-bond acceptors (Lipinski definition) is 10. The van der Waals surface area contributed by atoms with Gasteiger partial charge in [-0.2, -0.15) is 0 Å². The second-order valence-electron chi connectivity index (χ2n) is 13.0. The maximum absolute atomic E-state index is 12.6. The summed E-state index contributed by atoms with van der Waals surface area (Å²) in [6, 6.07) is 0. The molecule has 1 fully saturated rings. The number of carbonyl (C=O) groups is 2. The van der Waals surface area contributed by atoms with Gasteiger partial charge in [0.1, 0.15) is 31.0 Å². The van der Waals surface area contributed by atoms with E-state index in [1.54, 1.807) is 0 Å². The first-order chi connectivity index (χ1) is 22.8. The van der Waals surface area contributed by atoms with E-state index in [1.807, 2.05) is 0 Å². The summed E-state index contributed by atoms with van der Waals surface area (Å²) in [5.74, 6) is -0.814. The van der Waals surface area contributed by atoms with Crippen molar-refractivity contribution in [2.24, 2.45) is 0 Å². The van der Waals surface area contributed by atoms with Crippen LogP contribution in [-0.4, -0.2) is 89.0 Å². The first-order valence-corrected chi connectivity index (χ1v) is 18.8. The second kappa shape index (κ2) is 29.4. The molecule has 1 aliphatic heterocycles. The van der Waals surface area contributed by atoms with Gasteiger partial charge in [0.2, 0.25) is 0 Å². The van der Waals surface area contributed by atoms with Gasteiger partial charge in [-0.25, -0.2) is 0 Å². The zero-order chi connectivity index (χ0) is 34.5. The lowest BCUT2D eigenvalue weighted by Gasteiger charge is -2.39. The molecule has 0 aromatic carbocycles. The van der Waals surface area contributed by atoms with Crippen molar-refractivity contribution in [3.63, 3.8) is 0 Å². The normalized spacial score (nSPS) is 22.0. The lowest BCUT2D eigenvalue weighted by molar-refractivity contribution is -0.305. The van der Waals surface area contributed by atoms with Gasteiger partial charge in [-0.15, -0.1) is 0 Å². The number of aliphatic hydroxyl groups excluding tert-OH is 4. The fourth-order valence-electron chi connectivity index (χ4n) is 5.58. The van der Waals surface area contributed by atoms with Crippen LogP contribution in [0.3, 0.4) is 0 Å². The molecule has 1 heterocycles. The van der Waals surface area contributed by atoms with Crippen molar-refractivity contribution in [2.45, 2.75) is 192 Å². The fourth-order valence-corrected chi connectivity index (χ4v) is 5.58. The molecule has 0 radical (unpaired) electrons. The number of hydrogen-bond donors (Lipinski definition) is 4. The summed E-state index contributed by atoms with van der Waals surface area (Å²) in [6.45, 7) is 3.32. The Morgan fingerprint density at radius 2 is 1.15 bits per heavy atom. The predicted octanol–water partition coefficient (Wildman–Crippen LogP) is 6.44. The Kier molecular flexibility index (Phi) is 27.2. The van der Waals surface area contributed by atoms with Gasteiger partial charge in [0, 0.05) is 12.8 Å². The summed E-state index contributed by atoms with van der Waals surface area (Å²) in [5, 5.41) is 39.8. The van der Waals surface area contributed by atoms with Crippen LogP contribution in [0.1, 0.15) is 155 Å². The van der Waals surface area contributed by atoms with E-state index in [0.717, 1.165) is 44.9 Å². The molecule has 0 aromatic heterocycles. The van der Waals surface area contributed by atoms with E-state index in [2.05, 4.69) is 26.0 Å². The van der Waals surface area contributed by atoms with Crippen molar-refractivity contribution in [3.05, 3.63) is 12.2 Å². The van der Waals surface area contributed by atoms with E-state index in [9.17, 15) is 30.0 Å². The van der Waals surface area contributed by atoms with Crippen LogP contribution in [0.5, 0.6) is 0 Å². The van der Waals surface area contributed by atoms with Crippen molar-refractivity contribution >= 4 is 11.9 Å². The first-order valence-electron chi connectivity index (χ1n) is 18.8. The van der Waals surface area contributed by atoms with Crippen molar-refractivity contribution in [1.29, 1.82) is 0 Å². The molecular weight excluding hydrogens is 604 g/mol. The molecule has 0 spiro atoms. The van der Waals surface area contributed by atoms with E-state index in [4.69, 9.17) is 18.9 Å². The average molecular weight is 673 g/mol. The highest BCUT2D eigenvalue weighted by Gasteiger charge is 2.44. The highest BCUT2D eigenvalue weighted by molar-refractivity contribution is 5.70. The quantitative estimate of drug-likeness (QED) is 0.0381. The second-order valence-corrected chi connectivity index (χ2v) is 13.0. The maximum Gasteiger partial charge on any atom is 0.306 e. The van der Waals surface area contributed by atoms with Crippen molar-refractivity contribution in [1.82, 2.24) is 0 Å². The third kappa shape index (κ3) is 21.9. The molecule has 10 heteroatoms. The Labute approximate surface area is 284 Å². The number of esters is 2. The number of allylic oxidation sites excluding steroid dienone is 2. The molecule has 0 aromatic rings. The van der Waals surface area contributed by atoms with Crippen LogP contribution in [0.4, 0.5) is 0 Å². The maximum atomic E-state index is 12.6. The van der Waals surface area contributed by atoms with Gasteiger partial charge in [0.15, 0.2) is 12.4 Å². The zero-order valence-corrected chi connectivity index (χ0v) is 29.5. The van der Waals surface area contributed by atoms with Crippen LogP contribution in [0.25, 0.3) is 0 Å². The number of carbonyl (C=O) groups excluding carboxylic acids is 2. The molecule has 4 N–H and O–H groups in total. The Bertz CT molecular complexity index is 789. The van der Waals surface area contributed by atoms with Crippen LogP contribution >= 0.6 is 0 Å². The van der Waals surface area contributed by atoms with Gasteiger partial charge in [-0.1, -0.05) is 122 Å². The minimum Gasteiger partial charge on any atom is -0.462 e. The first kappa shape index (κ1) is 43.5. The molecule has 1 aliphatic rings. The Hall–Kier alpha value is -1.56. The molecular formula is C37H68O10. The highest BCUT2D eigenvalue weighted by atomic mass is 16.7. The zero-order valence-electron chi connectivity index (χ0n) is 29.5. The summed E-state index contributed by atoms with van der Waals surface area (Å²) >= 11 is 0. The molecule has 0 aliphatic carbocycles. The number of unbranched alkanes of at least 4 members (excludes halogenated alkanes) is 17. The summed E-state index contributed by atoms with van der Waals surface area (Å²) < 4.78 is 22.0. The average Bonchev–Trinajstić information content (AvgIpc) is 3.06. The molecule has 6 atom stereocenters. The molecule has 0 saturated carbocycles. The third-order valence-electron chi connectivity index (χ3n) is 8.65. The summed E-state index contributed by atoms with van der Waals surface area (Å²) in [7, 11) is 0. The lowest BCUT2D eigenvalue weighted by Crippen LogP contribution is -2.59. The van der Waals surface area contributed by atoms with Crippen LogP contribution in [0, 0.1) is 0 Å². The van der Waals surface area contributed by atoms with Crippen LogP contribution in [0.2, 0.25) is 0 Å². The molecule has 1 saturated heterocycles. The SMILES string of the molecule is CCCC/C=C/CCCCCCCCCCCC(=O)OC[C@@H](CO[C@H]1O[C@@H](CO)[C@@H](O)C(O)C1O)OC(=O)CCCCCCCCC. The monoisotopic (exact) mass is 672 g/mol. The molecule has 0 amide bonds. The summed E-state index contributed by atoms with van der Waals surface area (Å²) in [4.78, 5) is 25.0. The summed E-state index contributed by atoms with van der Waals surface area (Å²) in [5.41, 5.74) is 0. The number of rotatable bonds is 30. The molecule has 10 nitrogen and oxygen atoms in total. The van der Waals surface area contributed by atoms with Gasteiger partial charge in [-0.3, -0.25) is 9.59 Å². The smallest absolute Gasteiger partial charge is 0.306 e. The highest BCUT2D eigenvalue weighted by Crippen LogP contribution is 2.22. The lowest BCUT2D eigenvalue weighted by atomic mass is 9.99. The minimum absolute atomic E-state index is 0.215. The molecule has 1 rings (SSSR count). The van der Waals surface area contributed by atoms with E-state index in [1.165, 1.54) is 77.0 Å². The molecule has 276 valence electrons. The van der Waals surface area contributed by atoms with Gasteiger partial charge in [0.05, 0.1) is 13.2 Å². The molecule has 47 heavy (non-hydrogen) atoms. The van der Waals surface area contributed by atoms with Crippen molar-refractivity contribution in [3.8, 4) is 0 Å².